The van der Waals surface area contributed by atoms with E-state index in [0.717, 1.165) is 17.5 Å². The van der Waals surface area contributed by atoms with Crippen molar-refractivity contribution in [2.24, 2.45) is 0 Å². The Morgan fingerprint density at radius 1 is 1.21 bits per heavy atom. The van der Waals surface area contributed by atoms with E-state index < -0.39 is 0 Å². The molecule has 1 atom stereocenters. The third-order valence-corrected chi connectivity index (χ3v) is 3.11. The van der Waals surface area contributed by atoms with Crippen molar-refractivity contribution in [3.8, 4) is 0 Å². The Hall–Kier alpha value is -0.970. The minimum absolute atomic E-state index is 0.0454. The zero-order valence-corrected chi connectivity index (χ0v) is 12.2. The Morgan fingerprint density at radius 3 is 2.32 bits per heavy atom. The highest BCUT2D eigenvalue weighted by Gasteiger charge is 2.21. The van der Waals surface area contributed by atoms with Crippen molar-refractivity contribution in [3.63, 3.8) is 0 Å². The molecule has 1 N–H and O–H groups in total. The molecule has 1 aromatic carbocycles. The number of halogens is 1. The van der Waals surface area contributed by atoms with Gasteiger partial charge in [-0.25, -0.2) is 4.39 Å². The number of hydrogen-bond donors (Lipinski definition) is 1. The molecule has 0 saturated carbocycles. The molecule has 1 rings (SSSR count). The molecule has 0 aliphatic carbocycles. The van der Waals surface area contributed by atoms with Crippen LogP contribution in [0, 0.1) is 12.7 Å². The van der Waals surface area contributed by atoms with Crippen molar-refractivity contribution in [3.05, 3.63) is 35.1 Å². The monoisotopic (exact) mass is 269 g/mol. The molecule has 0 aromatic heterocycles. The van der Waals surface area contributed by atoms with Gasteiger partial charge in [0.25, 0.3) is 0 Å². The summed E-state index contributed by atoms with van der Waals surface area (Å²) in [6, 6.07) is 4.91. The van der Waals surface area contributed by atoms with Crippen molar-refractivity contribution in [1.29, 1.82) is 0 Å². The standard InChI is InChI=1S/C15H24FNO2/c1-5-18-15(19-6-2)14(17-4)10-12-7-8-13(16)9-11(12)3/h7-9,14-15,17H,5-6,10H2,1-4H3. The van der Waals surface area contributed by atoms with E-state index in [-0.39, 0.29) is 18.1 Å². The first-order chi connectivity index (χ1) is 9.12. The van der Waals surface area contributed by atoms with Gasteiger partial charge in [0.1, 0.15) is 5.82 Å². The van der Waals surface area contributed by atoms with Crippen molar-refractivity contribution in [2.45, 2.75) is 39.5 Å². The summed E-state index contributed by atoms with van der Waals surface area (Å²) in [5.74, 6) is -0.201. The summed E-state index contributed by atoms with van der Waals surface area (Å²) in [5.41, 5.74) is 2.05. The van der Waals surface area contributed by atoms with E-state index in [1.54, 1.807) is 6.07 Å². The summed E-state index contributed by atoms with van der Waals surface area (Å²) in [4.78, 5) is 0. The lowest BCUT2D eigenvalue weighted by Gasteiger charge is -2.27. The first-order valence-electron chi connectivity index (χ1n) is 6.77. The molecule has 0 bridgehead atoms. The fourth-order valence-corrected chi connectivity index (χ4v) is 2.07. The average Bonchev–Trinajstić information content (AvgIpc) is 2.38. The molecule has 0 spiro atoms. The van der Waals surface area contributed by atoms with Gasteiger partial charge in [-0.3, -0.25) is 0 Å². The van der Waals surface area contributed by atoms with E-state index in [4.69, 9.17) is 9.47 Å². The maximum Gasteiger partial charge on any atom is 0.172 e. The van der Waals surface area contributed by atoms with Gasteiger partial charge in [-0.1, -0.05) is 6.07 Å². The Labute approximate surface area is 115 Å². The van der Waals surface area contributed by atoms with Crippen molar-refractivity contribution in [2.75, 3.05) is 20.3 Å². The van der Waals surface area contributed by atoms with E-state index in [0.29, 0.717) is 13.2 Å². The van der Waals surface area contributed by atoms with Crippen LogP contribution in [0.1, 0.15) is 25.0 Å². The van der Waals surface area contributed by atoms with E-state index in [1.165, 1.54) is 6.07 Å². The lowest BCUT2D eigenvalue weighted by atomic mass is 10.0. The SMILES string of the molecule is CCOC(OCC)C(Cc1ccc(F)cc1C)NC. The van der Waals surface area contributed by atoms with Crippen LogP contribution in [-0.2, 0) is 15.9 Å². The molecule has 0 aliphatic rings. The highest BCUT2D eigenvalue weighted by molar-refractivity contribution is 5.27. The quantitative estimate of drug-likeness (QED) is 0.736. The molecule has 108 valence electrons. The second-order valence-corrected chi connectivity index (χ2v) is 4.45. The fourth-order valence-electron chi connectivity index (χ4n) is 2.07. The third-order valence-electron chi connectivity index (χ3n) is 3.11. The van der Waals surface area contributed by atoms with Crippen LogP contribution in [0.25, 0.3) is 0 Å². The molecule has 0 fully saturated rings. The average molecular weight is 269 g/mol. The van der Waals surface area contributed by atoms with Gasteiger partial charge in [0.05, 0.1) is 6.04 Å². The van der Waals surface area contributed by atoms with Crippen molar-refractivity contribution >= 4 is 0 Å². The summed E-state index contributed by atoms with van der Waals surface area (Å²) >= 11 is 0. The maximum atomic E-state index is 13.1. The molecule has 0 amide bonds. The number of ether oxygens (including phenoxy) is 2. The minimum Gasteiger partial charge on any atom is -0.351 e. The Kier molecular flexibility index (Phi) is 6.99. The largest absolute Gasteiger partial charge is 0.351 e. The maximum absolute atomic E-state index is 13.1. The number of aryl methyl sites for hydroxylation is 1. The smallest absolute Gasteiger partial charge is 0.172 e. The molecule has 0 aliphatic heterocycles. The van der Waals surface area contributed by atoms with Crippen LogP contribution in [-0.4, -0.2) is 32.6 Å². The van der Waals surface area contributed by atoms with E-state index >= 15 is 0 Å². The molecular weight excluding hydrogens is 245 g/mol. The van der Waals surface area contributed by atoms with E-state index in [9.17, 15) is 4.39 Å². The van der Waals surface area contributed by atoms with Gasteiger partial charge in [0.15, 0.2) is 6.29 Å². The van der Waals surface area contributed by atoms with Crippen LogP contribution in [0.2, 0.25) is 0 Å². The zero-order chi connectivity index (χ0) is 14.3. The molecule has 0 radical (unpaired) electrons. The lowest BCUT2D eigenvalue weighted by Crippen LogP contribution is -2.43. The van der Waals surface area contributed by atoms with Crippen LogP contribution >= 0.6 is 0 Å². The molecule has 3 nitrogen and oxygen atoms in total. The van der Waals surface area contributed by atoms with Crippen molar-refractivity contribution < 1.29 is 13.9 Å². The number of rotatable bonds is 8. The third kappa shape index (κ3) is 4.90. The molecule has 4 heteroatoms. The van der Waals surface area contributed by atoms with Gasteiger partial charge in [-0.05, 0) is 57.5 Å². The van der Waals surface area contributed by atoms with Gasteiger partial charge >= 0.3 is 0 Å². The lowest BCUT2D eigenvalue weighted by molar-refractivity contribution is -0.152. The Balaban J connectivity index is 2.78. The Bertz CT molecular complexity index is 378. The van der Waals surface area contributed by atoms with Crippen LogP contribution in [0.5, 0.6) is 0 Å². The van der Waals surface area contributed by atoms with Crippen LogP contribution in [0.3, 0.4) is 0 Å². The molecule has 1 unspecified atom stereocenters. The summed E-state index contributed by atoms with van der Waals surface area (Å²) in [6.07, 6.45) is 0.456. The minimum atomic E-state index is -0.288. The Morgan fingerprint density at radius 2 is 1.84 bits per heavy atom. The van der Waals surface area contributed by atoms with E-state index in [1.807, 2.05) is 33.9 Å². The highest BCUT2D eigenvalue weighted by Crippen LogP contribution is 2.15. The second-order valence-electron chi connectivity index (χ2n) is 4.45. The van der Waals surface area contributed by atoms with Crippen LogP contribution in [0.4, 0.5) is 4.39 Å². The fraction of sp³-hybridized carbons (Fsp3) is 0.600. The predicted octanol–water partition coefficient (Wildman–Crippen LogP) is 2.66. The highest BCUT2D eigenvalue weighted by atomic mass is 19.1. The summed E-state index contributed by atoms with van der Waals surface area (Å²) < 4.78 is 24.3. The van der Waals surface area contributed by atoms with E-state index in [2.05, 4.69) is 5.32 Å². The number of likely N-dealkylation sites (N-methyl/N-ethyl adjacent to an activating group) is 1. The predicted molar refractivity (Wildman–Crippen MR) is 74.7 cm³/mol. The normalized spacial score (nSPS) is 12.9. The summed E-state index contributed by atoms with van der Waals surface area (Å²) in [5, 5.41) is 3.22. The molecule has 0 saturated heterocycles. The molecule has 0 heterocycles. The van der Waals surface area contributed by atoms with Gasteiger partial charge in [0.2, 0.25) is 0 Å². The summed E-state index contributed by atoms with van der Waals surface area (Å²) in [6.45, 7) is 7.02. The van der Waals surface area contributed by atoms with Gasteiger partial charge < -0.3 is 14.8 Å². The van der Waals surface area contributed by atoms with Gasteiger partial charge in [-0.15, -0.1) is 0 Å². The topological polar surface area (TPSA) is 30.5 Å². The zero-order valence-electron chi connectivity index (χ0n) is 12.2. The first kappa shape index (κ1) is 16.1. The molecule has 1 aromatic rings. The van der Waals surface area contributed by atoms with Crippen LogP contribution < -0.4 is 5.32 Å². The molecule has 19 heavy (non-hydrogen) atoms. The number of nitrogens with one attached hydrogen (secondary N) is 1. The van der Waals surface area contributed by atoms with Crippen LogP contribution in [0.15, 0.2) is 18.2 Å². The number of benzene rings is 1. The van der Waals surface area contributed by atoms with Gasteiger partial charge in [0, 0.05) is 13.2 Å². The summed E-state index contributed by atoms with van der Waals surface area (Å²) in [7, 11) is 1.88. The first-order valence-corrected chi connectivity index (χ1v) is 6.77. The van der Waals surface area contributed by atoms with Crippen molar-refractivity contribution in [1.82, 2.24) is 5.32 Å². The number of hydrogen-bond acceptors (Lipinski definition) is 3. The molecular formula is C15H24FNO2. The second kappa shape index (κ2) is 8.25. The van der Waals surface area contributed by atoms with Gasteiger partial charge in [-0.2, -0.15) is 0 Å².